The third kappa shape index (κ3) is 2.85. The smallest absolute Gasteiger partial charge is 0.0402 e. The van der Waals surface area contributed by atoms with Crippen LogP contribution in [-0.4, -0.2) is 6.04 Å². The van der Waals surface area contributed by atoms with Gasteiger partial charge in [-0.2, -0.15) is 0 Å². The van der Waals surface area contributed by atoms with Gasteiger partial charge in [0.1, 0.15) is 0 Å². The lowest BCUT2D eigenvalue weighted by molar-refractivity contribution is 0.211. The van der Waals surface area contributed by atoms with Crippen molar-refractivity contribution in [3.63, 3.8) is 0 Å². The van der Waals surface area contributed by atoms with Crippen molar-refractivity contribution in [2.75, 3.05) is 5.32 Å². The first kappa shape index (κ1) is 12.9. The molecule has 1 aromatic carbocycles. The van der Waals surface area contributed by atoms with Gasteiger partial charge in [-0.3, -0.25) is 0 Å². The van der Waals surface area contributed by atoms with Gasteiger partial charge in [0.25, 0.3) is 0 Å². The highest BCUT2D eigenvalue weighted by Gasteiger charge is 2.31. The van der Waals surface area contributed by atoms with Crippen molar-refractivity contribution >= 4 is 21.6 Å². The predicted octanol–water partition coefficient (Wildman–Crippen LogP) is 4.91. The fraction of sp³-hybridized carbons (Fsp3) is 0.600. The summed E-state index contributed by atoms with van der Waals surface area (Å²) in [6, 6.07) is 5.06. The molecule has 2 rings (SSSR count). The molecule has 1 aliphatic carbocycles. The molecule has 1 nitrogen and oxygen atoms in total. The van der Waals surface area contributed by atoms with Gasteiger partial charge in [-0.1, -0.05) is 29.8 Å². The second kappa shape index (κ2) is 5.01. The van der Waals surface area contributed by atoms with Gasteiger partial charge >= 0.3 is 0 Å². The third-order valence-electron chi connectivity index (χ3n) is 3.96. The van der Waals surface area contributed by atoms with Crippen LogP contribution in [0.1, 0.15) is 37.8 Å². The predicted molar refractivity (Wildman–Crippen MR) is 78.6 cm³/mol. The molecule has 1 fully saturated rings. The molecular weight excluding hydrogens is 274 g/mol. The van der Waals surface area contributed by atoms with Gasteiger partial charge in [-0.05, 0) is 61.8 Å². The van der Waals surface area contributed by atoms with E-state index in [1.165, 1.54) is 34.1 Å². The van der Waals surface area contributed by atoms with Crippen LogP contribution in [0, 0.1) is 25.7 Å². The Labute approximate surface area is 113 Å². The van der Waals surface area contributed by atoms with Crippen molar-refractivity contribution in [2.45, 2.75) is 46.6 Å². The molecular formula is C15H22BrN. The number of rotatable bonds is 3. The first-order valence-electron chi connectivity index (χ1n) is 6.50. The summed E-state index contributed by atoms with van der Waals surface area (Å²) in [5.41, 5.74) is 4.01. The maximum atomic E-state index is 3.71. The van der Waals surface area contributed by atoms with Crippen molar-refractivity contribution in [1.82, 2.24) is 0 Å². The number of hydrogen-bond acceptors (Lipinski definition) is 1. The molecule has 1 aliphatic rings. The minimum Gasteiger partial charge on any atom is -0.382 e. The maximum Gasteiger partial charge on any atom is 0.0402 e. The number of benzene rings is 1. The first-order chi connectivity index (χ1) is 7.97. The number of anilines is 1. The molecule has 2 heteroatoms. The second-order valence-corrected chi connectivity index (χ2v) is 6.65. The van der Waals surface area contributed by atoms with Gasteiger partial charge in [-0.15, -0.1) is 0 Å². The van der Waals surface area contributed by atoms with E-state index in [2.05, 4.69) is 61.1 Å². The SMILES string of the molecule is Cc1cc(Br)cc(C)c1NC1CC(C(C)C)C1. The van der Waals surface area contributed by atoms with E-state index >= 15 is 0 Å². The topological polar surface area (TPSA) is 12.0 Å². The zero-order valence-electron chi connectivity index (χ0n) is 11.2. The Morgan fingerprint density at radius 2 is 1.71 bits per heavy atom. The van der Waals surface area contributed by atoms with Crippen molar-refractivity contribution < 1.29 is 0 Å². The zero-order chi connectivity index (χ0) is 12.6. The monoisotopic (exact) mass is 295 g/mol. The Kier molecular flexibility index (Phi) is 3.82. The minimum atomic E-state index is 0.681. The fourth-order valence-corrected chi connectivity index (χ4v) is 3.35. The number of nitrogens with one attached hydrogen (secondary N) is 1. The molecule has 1 N–H and O–H groups in total. The van der Waals surface area contributed by atoms with Gasteiger partial charge in [0, 0.05) is 16.2 Å². The largest absolute Gasteiger partial charge is 0.382 e. The van der Waals surface area contributed by atoms with Gasteiger partial charge < -0.3 is 5.32 Å². The van der Waals surface area contributed by atoms with E-state index in [9.17, 15) is 0 Å². The second-order valence-electron chi connectivity index (χ2n) is 5.73. The number of aryl methyl sites for hydroxylation is 2. The van der Waals surface area contributed by atoms with Crippen molar-refractivity contribution in [1.29, 1.82) is 0 Å². The van der Waals surface area contributed by atoms with E-state index < -0.39 is 0 Å². The highest BCUT2D eigenvalue weighted by Crippen LogP contribution is 2.37. The molecule has 0 amide bonds. The van der Waals surface area contributed by atoms with E-state index in [0.717, 1.165) is 11.8 Å². The van der Waals surface area contributed by atoms with Crippen LogP contribution in [0.3, 0.4) is 0 Å². The van der Waals surface area contributed by atoms with Gasteiger partial charge in [0.05, 0.1) is 0 Å². The summed E-state index contributed by atoms with van der Waals surface area (Å²) < 4.78 is 1.17. The van der Waals surface area contributed by atoms with Crippen LogP contribution in [-0.2, 0) is 0 Å². The van der Waals surface area contributed by atoms with Gasteiger partial charge in [0.15, 0.2) is 0 Å². The number of halogens is 1. The van der Waals surface area contributed by atoms with E-state index in [0.29, 0.717) is 6.04 Å². The van der Waals surface area contributed by atoms with Crippen LogP contribution in [0.5, 0.6) is 0 Å². The Bertz CT molecular complexity index is 382. The Morgan fingerprint density at radius 3 is 2.18 bits per heavy atom. The van der Waals surface area contributed by atoms with Crippen molar-refractivity contribution in [3.8, 4) is 0 Å². The van der Waals surface area contributed by atoms with E-state index in [1.54, 1.807) is 0 Å². The van der Waals surface area contributed by atoms with Gasteiger partial charge in [-0.25, -0.2) is 0 Å². The quantitative estimate of drug-likeness (QED) is 0.835. The average Bonchev–Trinajstić information content (AvgIpc) is 2.12. The Hall–Kier alpha value is -0.500. The molecule has 0 saturated heterocycles. The molecule has 94 valence electrons. The average molecular weight is 296 g/mol. The molecule has 0 atom stereocenters. The third-order valence-corrected chi connectivity index (χ3v) is 4.42. The lowest BCUT2D eigenvalue weighted by Gasteiger charge is -2.39. The molecule has 0 unspecified atom stereocenters. The molecule has 1 saturated carbocycles. The molecule has 0 bridgehead atoms. The molecule has 0 heterocycles. The van der Waals surface area contributed by atoms with Crippen LogP contribution in [0.2, 0.25) is 0 Å². The Morgan fingerprint density at radius 1 is 1.18 bits per heavy atom. The van der Waals surface area contributed by atoms with Gasteiger partial charge in [0.2, 0.25) is 0 Å². The summed E-state index contributed by atoms with van der Waals surface area (Å²) >= 11 is 3.55. The Balaban J connectivity index is 2.01. The molecule has 17 heavy (non-hydrogen) atoms. The van der Waals surface area contributed by atoms with Crippen molar-refractivity contribution in [3.05, 3.63) is 27.7 Å². The summed E-state index contributed by atoms with van der Waals surface area (Å²) in [6.45, 7) is 9.02. The van der Waals surface area contributed by atoms with Crippen LogP contribution < -0.4 is 5.32 Å². The zero-order valence-corrected chi connectivity index (χ0v) is 12.8. The van der Waals surface area contributed by atoms with E-state index in [4.69, 9.17) is 0 Å². The summed E-state index contributed by atoms with van der Waals surface area (Å²) in [6.07, 6.45) is 2.65. The standard InChI is InChI=1S/C15H22BrN/c1-9(2)12-7-14(8-12)17-15-10(3)5-13(16)6-11(15)4/h5-6,9,12,14,17H,7-8H2,1-4H3. The number of hydrogen-bond donors (Lipinski definition) is 1. The first-order valence-corrected chi connectivity index (χ1v) is 7.30. The van der Waals surface area contributed by atoms with Crippen LogP contribution >= 0.6 is 15.9 Å². The van der Waals surface area contributed by atoms with Crippen LogP contribution in [0.25, 0.3) is 0 Å². The highest BCUT2D eigenvalue weighted by atomic mass is 79.9. The lowest BCUT2D eigenvalue weighted by Crippen LogP contribution is -2.38. The van der Waals surface area contributed by atoms with Crippen LogP contribution in [0.15, 0.2) is 16.6 Å². The van der Waals surface area contributed by atoms with E-state index in [1.807, 2.05) is 0 Å². The molecule has 0 radical (unpaired) electrons. The summed E-state index contributed by atoms with van der Waals surface area (Å²) in [5, 5.41) is 3.71. The molecule has 0 aromatic heterocycles. The summed E-state index contributed by atoms with van der Waals surface area (Å²) in [5.74, 6) is 1.75. The summed E-state index contributed by atoms with van der Waals surface area (Å²) in [4.78, 5) is 0. The van der Waals surface area contributed by atoms with Crippen molar-refractivity contribution in [2.24, 2.45) is 11.8 Å². The lowest BCUT2D eigenvalue weighted by atomic mass is 9.73. The molecule has 0 spiro atoms. The highest BCUT2D eigenvalue weighted by molar-refractivity contribution is 9.10. The fourth-order valence-electron chi connectivity index (χ4n) is 2.67. The van der Waals surface area contributed by atoms with E-state index in [-0.39, 0.29) is 0 Å². The molecule has 1 aromatic rings. The molecule has 0 aliphatic heterocycles. The van der Waals surface area contributed by atoms with Crippen LogP contribution in [0.4, 0.5) is 5.69 Å². The minimum absolute atomic E-state index is 0.681. The summed E-state index contributed by atoms with van der Waals surface area (Å²) in [7, 11) is 0. The maximum absolute atomic E-state index is 3.71. The normalized spacial score (nSPS) is 23.6.